The van der Waals surface area contributed by atoms with E-state index in [-0.39, 0.29) is 12.1 Å². The number of piperazine rings is 1. The van der Waals surface area contributed by atoms with Gasteiger partial charge in [-0.3, -0.25) is 14.5 Å². The van der Waals surface area contributed by atoms with E-state index in [1.54, 1.807) is 24.3 Å². The third kappa shape index (κ3) is 3.88. The molecule has 1 aromatic carbocycles. The zero-order chi connectivity index (χ0) is 22.1. The molecule has 3 unspecified atom stereocenters. The number of hydrogen-bond acceptors (Lipinski definition) is 7. The van der Waals surface area contributed by atoms with Crippen molar-refractivity contribution in [2.45, 2.75) is 38.1 Å². The average Bonchev–Trinajstić information content (AvgIpc) is 3.13. The van der Waals surface area contributed by atoms with Crippen molar-refractivity contribution in [3.8, 4) is 5.75 Å². The molecule has 1 aromatic heterocycles. The fourth-order valence-corrected chi connectivity index (χ4v) is 4.58. The number of nitrogens with zero attached hydrogens (tertiary/aromatic N) is 3. The van der Waals surface area contributed by atoms with Crippen LogP contribution in [0.3, 0.4) is 0 Å². The number of fused-ring (bicyclic) bond motifs is 1. The van der Waals surface area contributed by atoms with Gasteiger partial charge in [-0.2, -0.15) is 0 Å². The largest absolute Gasteiger partial charge is 0.496 e. The van der Waals surface area contributed by atoms with Crippen molar-refractivity contribution in [3.63, 3.8) is 0 Å². The summed E-state index contributed by atoms with van der Waals surface area (Å²) in [5.74, 6) is -0.474. The fourth-order valence-electron chi connectivity index (χ4n) is 4.58. The lowest BCUT2D eigenvalue weighted by atomic mass is 9.90. The number of aromatic nitrogens is 1. The highest BCUT2D eigenvalue weighted by Gasteiger charge is 2.43. The molecule has 2 aliphatic heterocycles. The van der Waals surface area contributed by atoms with E-state index in [2.05, 4.69) is 10.3 Å². The molecule has 0 aliphatic carbocycles. The molecule has 0 radical (unpaired) electrons. The van der Waals surface area contributed by atoms with Gasteiger partial charge in [-0.25, -0.2) is 4.98 Å². The van der Waals surface area contributed by atoms with Crippen molar-refractivity contribution in [2.24, 2.45) is 0 Å². The van der Waals surface area contributed by atoms with E-state index in [4.69, 9.17) is 4.74 Å². The first-order valence-electron chi connectivity index (χ1n) is 10.5. The Kier molecular flexibility index (Phi) is 5.93. The molecule has 0 saturated carbocycles. The molecule has 8 nitrogen and oxygen atoms in total. The van der Waals surface area contributed by atoms with Crippen molar-refractivity contribution in [2.75, 3.05) is 32.1 Å². The van der Waals surface area contributed by atoms with E-state index in [0.29, 0.717) is 36.8 Å². The van der Waals surface area contributed by atoms with Gasteiger partial charge < -0.3 is 20.1 Å². The van der Waals surface area contributed by atoms with Crippen LogP contribution in [0, 0.1) is 0 Å². The number of carbonyl (C=O) groups excluding carboxylic acids is 2. The van der Waals surface area contributed by atoms with E-state index in [1.165, 1.54) is 0 Å². The Morgan fingerprint density at radius 3 is 2.61 bits per heavy atom. The molecule has 1 amide bonds. The van der Waals surface area contributed by atoms with Gasteiger partial charge in [-0.05, 0) is 25.5 Å². The Morgan fingerprint density at radius 2 is 1.94 bits per heavy atom. The molecule has 31 heavy (non-hydrogen) atoms. The summed E-state index contributed by atoms with van der Waals surface area (Å²) in [6.07, 6.45) is 0.878. The maximum absolute atomic E-state index is 13.3. The standard InChI is InChI=1S/C23H28N4O4/c1-14-13-26(22(29)16-7-5-4-6-8-16)11-12-27(14)23(30)20(28)18-15(2)25-21-19(18)17(31-3)9-10-24-21/h4-10,14-15,18,22,29H,11-13H2,1-3H3,(H,24,25)/t14-,15?,18?,22?/m1/s1. The minimum absolute atomic E-state index is 0.205. The predicted octanol–water partition coefficient (Wildman–Crippen LogP) is 1.78. The summed E-state index contributed by atoms with van der Waals surface area (Å²) >= 11 is 0. The number of pyridine rings is 1. The van der Waals surface area contributed by atoms with E-state index in [0.717, 1.165) is 5.56 Å². The van der Waals surface area contributed by atoms with Crippen LogP contribution in [0.15, 0.2) is 42.6 Å². The van der Waals surface area contributed by atoms with E-state index < -0.39 is 23.8 Å². The van der Waals surface area contributed by atoms with Crippen LogP contribution >= 0.6 is 0 Å². The quantitative estimate of drug-likeness (QED) is 0.707. The number of aliphatic hydroxyl groups excluding tert-OH is 1. The summed E-state index contributed by atoms with van der Waals surface area (Å²) in [5.41, 5.74) is 1.45. The van der Waals surface area contributed by atoms with Crippen LogP contribution in [0.25, 0.3) is 0 Å². The van der Waals surface area contributed by atoms with Gasteiger partial charge in [0.05, 0.1) is 13.0 Å². The molecule has 1 saturated heterocycles. The Balaban J connectivity index is 1.48. The van der Waals surface area contributed by atoms with Gasteiger partial charge >= 0.3 is 0 Å². The second kappa shape index (κ2) is 8.64. The van der Waals surface area contributed by atoms with E-state index in [1.807, 2.05) is 49.1 Å². The number of amides is 1. The first-order valence-corrected chi connectivity index (χ1v) is 10.5. The van der Waals surface area contributed by atoms with Crippen molar-refractivity contribution in [1.82, 2.24) is 14.8 Å². The maximum Gasteiger partial charge on any atom is 0.291 e. The van der Waals surface area contributed by atoms with Gasteiger partial charge in [0, 0.05) is 43.5 Å². The Hall–Kier alpha value is -2.97. The number of carbonyl (C=O) groups is 2. The highest BCUT2D eigenvalue weighted by atomic mass is 16.5. The minimum atomic E-state index is -0.738. The highest BCUT2D eigenvalue weighted by molar-refractivity contribution is 6.39. The summed E-state index contributed by atoms with van der Waals surface area (Å²) in [4.78, 5) is 34.3. The molecule has 0 spiro atoms. The molecule has 4 rings (SSSR count). The monoisotopic (exact) mass is 424 g/mol. The lowest BCUT2D eigenvalue weighted by Crippen LogP contribution is -2.56. The first kappa shape index (κ1) is 21.3. The summed E-state index contributed by atoms with van der Waals surface area (Å²) in [5, 5.41) is 13.9. The Bertz CT molecular complexity index is 967. The number of nitrogens with one attached hydrogen (secondary N) is 1. The van der Waals surface area contributed by atoms with Crippen molar-refractivity contribution < 1.29 is 19.4 Å². The number of rotatable bonds is 5. The molecular weight excluding hydrogens is 396 g/mol. The summed E-state index contributed by atoms with van der Waals surface area (Å²) in [6, 6.07) is 10.7. The molecule has 2 aliphatic rings. The van der Waals surface area contributed by atoms with Crippen LogP contribution in [0.2, 0.25) is 0 Å². The Morgan fingerprint density at radius 1 is 1.19 bits per heavy atom. The number of benzene rings is 1. The molecule has 1 fully saturated rings. The molecule has 3 heterocycles. The molecule has 8 heteroatoms. The van der Waals surface area contributed by atoms with Gasteiger partial charge in [0.1, 0.15) is 17.8 Å². The normalized spacial score (nSPS) is 24.3. The van der Waals surface area contributed by atoms with Crippen LogP contribution in [0.5, 0.6) is 5.75 Å². The molecule has 0 bridgehead atoms. The first-order chi connectivity index (χ1) is 14.9. The van der Waals surface area contributed by atoms with Crippen LogP contribution in [0.1, 0.15) is 37.1 Å². The number of Topliss-reactive ketones (excluding diaryl/α,β-unsaturated/α-hetero) is 1. The summed E-state index contributed by atoms with van der Waals surface area (Å²) in [7, 11) is 1.54. The number of methoxy groups -OCH3 is 1. The second-order valence-corrected chi connectivity index (χ2v) is 8.18. The van der Waals surface area contributed by atoms with Gasteiger partial charge in [0.25, 0.3) is 5.91 Å². The van der Waals surface area contributed by atoms with Crippen LogP contribution < -0.4 is 10.1 Å². The zero-order valence-corrected chi connectivity index (χ0v) is 18.0. The number of anilines is 1. The summed E-state index contributed by atoms with van der Waals surface area (Å²) < 4.78 is 5.42. The molecule has 2 N–H and O–H groups in total. The van der Waals surface area contributed by atoms with Crippen LogP contribution in [-0.4, -0.2) is 70.4 Å². The van der Waals surface area contributed by atoms with Crippen LogP contribution in [-0.2, 0) is 9.59 Å². The van der Waals surface area contributed by atoms with Gasteiger partial charge in [0.2, 0.25) is 5.78 Å². The summed E-state index contributed by atoms with van der Waals surface area (Å²) in [6.45, 7) is 5.12. The molecule has 2 aromatic rings. The number of ether oxygens (including phenoxy) is 1. The highest BCUT2D eigenvalue weighted by Crippen LogP contribution is 2.41. The van der Waals surface area contributed by atoms with E-state index >= 15 is 0 Å². The maximum atomic E-state index is 13.3. The van der Waals surface area contributed by atoms with Crippen molar-refractivity contribution in [1.29, 1.82) is 0 Å². The number of hydrogen-bond donors (Lipinski definition) is 2. The number of ketones is 1. The smallest absolute Gasteiger partial charge is 0.291 e. The SMILES string of the molecule is COc1ccnc2c1C(C(=O)C(=O)N1CCN(C(O)c3ccccc3)C[C@H]1C)C(C)N2. The predicted molar refractivity (Wildman–Crippen MR) is 116 cm³/mol. The average molecular weight is 425 g/mol. The second-order valence-electron chi connectivity index (χ2n) is 8.18. The van der Waals surface area contributed by atoms with Gasteiger partial charge in [-0.15, -0.1) is 0 Å². The van der Waals surface area contributed by atoms with Crippen LogP contribution in [0.4, 0.5) is 5.82 Å². The molecule has 4 atom stereocenters. The van der Waals surface area contributed by atoms with Crippen molar-refractivity contribution in [3.05, 3.63) is 53.7 Å². The fraction of sp³-hybridized carbons (Fsp3) is 0.435. The molecule has 164 valence electrons. The third-order valence-corrected chi connectivity index (χ3v) is 6.20. The third-order valence-electron chi connectivity index (χ3n) is 6.20. The van der Waals surface area contributed by atoms with E-state index in [9.17, 15) is 14.7 Å². The Labute approximate surface area is 181 Å². The minimum Gasteiger partial charge on any atom is -0.496 e. The topological polar surface area (TPSA) is 95.0 Å². The van der Waals surface area contributed by atoms with Crippen molar-refractivity contribution >= 4 is 17.5 Å². The lowest BCUT2D eigenvalue weighted by Gasteiger charge is -2.41. The zero-order valence-electron chi connectivity index (χ0n) is 18.0. The molecular formula is C23H28N4O4. The van der Waals surface area contributed by atoms with Gasteiger partial charge in [-0.1, -0.05) is 30.3 Å². The lowest BCUT2D eigenvalue weighted by molar-refractivity contribution is -0.150. The van der Waals surface area contributed by atoms with Gasteiger partial charge in [0.15, 0.2) is 0 Å². The number of aliphatic hydroxyl groups is 1.